The van der Waals surface area contributed by atoms with E-state index < -0.39 is 0 Å². The molecule has 0 saturated heterocycles. The molecule has 0 saturated carbocycles. The number of esters is 1. The van der Waals surface area contributed by atoms with Gasteiger partial charge in [-0.25, -0.2) is 4.79 Å². The third kappa shape index (κ3) is 5.73. The quantitative estimate of drug-likeness (QED) is 0.486. The average molecular weight is 325 g/mol. The van der Waals surface area contributed by atoms with Gasteiger partial charge < -0.3 is 10.1 Å². The fourth-order valence-electron chi connectivity index (χ4n) is 2.58. The standard InChI is InChI=1S/C21H27NO2/c1-3-5-9-17(4-2)16-22-19-14-12-18(13-15-19)21(23)24-20-10-7-6-8-11-20/h6-8,10-15,17,22H,3-5,9,16H2,1-2H3. The highest BCUT2D eigenvalue weighted by Gasteiger charge is 2.09. The third-order valence-electron chi connectivity index (χ3n) is 4.21. The van der Waals surface area contributed by atoms with Crippen LogP contribution < -0.4 is 10.1 Å². The van der Waals surface area contributed by atoms with Gasteiger partial charge in [-0.15, -0.1) is 0 Å². The lowest BCUT2D eigenvalue weighted by atomic mass is 9.99. The predicted octanol–water partition coefficient (Wildman–Crippen LogP) is 5.53. The molecule has 0 radical (unpaired) electrons. The minimum Gasteiger partial charge on any atom is -0.423 e. The number of nitrogens with one attached hydrogen (secondary N) is 1. The van der Waals surface area contributed by atoms with Gasteiger partial charge in [0.15, 0.2) is 0 Å². The number of ether oxygens (including phenoxy) is 1. The molecular formula is C21H27NO2. The van der Waals surface area contributed by atoms with Crippen molar-refractivity contribution in [2.75, 3.05) is 11.9 Å². The first-order valence-electron chi connectivity index (χ1n) is 8.84. The van der Waals surface area contributed by atoms with Crippen molar-refractivity contribution >= 4 is 11.7 Å². The first-order chi connectivity index (χ1) is 11.7. The Morgan fingerprint density at radius 2 is 1.75 bits per heavy atom. The highest BCUT2D eigenvalue weighted by molar-refractivity contribution is 5.91. The molecule has 0 aromatic heterocycles. The van der Waals surface area contributed by atoms with Crippen molar-refractivity contribution in [1.82, 2.24) is 0 Å². The van der Waals surface area contributed by atoms with Crippen LogP contribution in [0.1, 0.15) is 49.9 Å². The van der Waals surface area contributed by atoms with Gasteiger partial charge in [0.25, 0.3) is 0 Å². The van der Waals surface area contributed by atoms with E-state index in [1.54, 1.807) is 24.3 Å². The molecule has 3 nitrogen and oxygen atoms in total. The fraction of sp³-hybridized carbons (Fsp3) is 0.381. The molecule has 128 valence electrons. The van der Waals surface area contributed by atoms with Crippen LogP contribution in [0, 0.1) is 5.92 Å². The van der Waals surface area contributed by atoms with Crippen LogP contribution in [-0.2, 0) is 0 Å². The van der Waals surface area contributed by atoms with Gasteiger partial charge in [0.1, 0.15) is 5.75 Å². The topological polar surface area (TPSA) is 38.3 Å². The van der Waals surface area contributed by atoms with Gasteiger partial charge >= 0.3 is 5.97 Å². The SMILES string of the molecule is CCCCC(CC)CNc1ccc(C(=O)Oc2ccccc2)cc1. The van der Waals surface area contributed by atoms with Gasteiger partial charge in [0, 0.05) is 12.2 Å². The minimum atomic E-state index is -0.331. The molecule has 0 amide bonds. The van der Waals surface area contributed by atoms with E-state index in [1.807, 2.05) is 30.3 Å². The molecule has 0 heterocycles. The number of benzene rings is 2. The molecule has 0 aliphatic carbocycles. The molecule has 0 bridgehead atoms. The zero-order valence-corrected chi connectivity index (χ0v) is 14.6. The Labute approximate surface area is 145 Å². The van der Waals surface area contributed by atoms with Crippen LogP contribution in [0.3, 0.4) is 0 Å². The summed E-state index contributed by atoms with van der Waals surface area (Å²) in [7, 11) is 0. The molecule has 2 aromatic carbocycles. The van der Waals surface area contributed by atoms with Crippen molar-refractivity contribution in [2.45, 2.75) is 39.5 Å². The Morgan fingerprint density at radius 1 is 1.04 bits per heavy atom. The molecule has 2 aromatic rings. The third-order valence-corrected chi connectivity index (χ3v) is 4.21. The number of hydrogen-bond acceptors (Lipinski definition) is 3. The van der Waals surface area contributed by atoms with Gasteiger partial charge in [0.2, 0.25) is 0 Å². The Kier molecular flexibility index (Phi) is 7.34. The van der Waals surface area contributed by atoms with E-state index in [1.165, 1.54) is 25.7 Å². The lowest BCUT2D eigenvalue weighted by Gasteiger charge is -2.16. The van der Waals surface area contributed by atoms with E-state index in [4.69, 9.17) is 4.74 Å². The van der Waals surface area contributed by atoms with Crippen LogP contribution in [0.2, 0.25) is 0 Å². The van der Waals surface area contributed by atoms with E-state index in [0.29, 0.717) is 17.2 Å². The molecule has 1 atom stereocenters. The van der Waals surface area contributed by atoms with E-state index in [-0.39, 0.29) is 5.97 Å². The van der Waals surface area contributed by atoms with Crippen LogP contribution in [0.4, 0.5) is 5.69 Å². The van der Waals surface area contributed by atoms with Crippen LogP contribution >= 0.6 is 0 Å². The van der Waals surface area contributed by atoms with E-state index in [0.717, 1.165) is 12.2 Å². The summed E-state index contributed by atoms with van der Waals surface area (Å²) in [5.74, 6) is 0.932. The normalized spacial score (nSPS) is 11.8. The van der Waals surface area contributed by atoms with Gasteiger partial charge in [-0.1, -0.05) is 51.3 Å². The van der Waals surface area contributed by atoms with Gasteiger partial charge in [-0.3, -0.25) is 0 Å². The van der Waals surface area contributed by atoms with Crippen molar-refractivity contribution in [2.24, 2.45) is 5.92 Å². The second-order valence-electron chi connectivity index (χ2n) is 6.08. The number of unbranched alkanes of at least 4 members (excludes halogenated alkanes) is 1. The Balaban J connectivity index is 1.87. The monoisotopic (exact) mass is 325 g/mol. The zero-order chi connectivity index (χ0) is 17.2. The molecule has 3 heteroatoms. The summed E-state index contributed by atoms with van der Waals surface area (Å²) >= 11 is 0. The average Bonchev–Trinajstić information content (AvgIpc) is 2.63. The molecule has 0 aliphatic heterocycles. The van der Waals surface area contributed by atoms with Crippen LogP contribution in [-0.4, -0.2) is 12.5 Å². The second-order valence-corrected chi connectivity index (χ2v) is 6.08. The Morgan fingerprint density at radius 3 is 2.38 bits per heavy atom. The smallest absolute Gasteiger partial charge is 0.343 e. The molecule has 2 rings (SSSR count). The van der Waals surface area contributed by atoms with Crippen molar-refractivity contribution in [3.8, 4) is 5.75 Å². The summed E-state index contributed by atoms with van der Waals surface area (Å²) in [6.45, 7) is 5.45. The maximum atomic E-state index is 12.1. The molecule has 0 spiro atoms. The number of para-hydroxylation sites is 1. The van der Waals surface area contributed by atoms with E-state index >= 15 is 0 Å². The number of carbonyl (C=O) groups excluding carboxylic acids is 1. The lowest BCUT2D eigenvalue weighted by molar-refractivity contribution is 0.0735. The molecule has 24 heavy (non-hydrogen) atoms. The summed E-state index contributed by atoms with van der Waals surface area (Å²) in [4.78, 5) is 12.1. The summed E-state index contributed by atoms with van der Waals surface area (Å²) in [5, 5.41) is 3.47. The Hall–Kier alpha value is -2.29. The van der Waals surface area contributed by atoms with Gasteiger partial charge in [-0.2, -0.15) is 0 Å². The number of carbonyl (C=O) groups is 1. The van der Waals surface area contributed by atoms with Crippen molar-refractivity contribution in [3.63, 3.8) is 0 Å². The lowest BCUT2D eigenvalue weighted by Crippen LogP contribution is -2.14. The second kappa shape index (κ2) is 9.76. The van der Waals surface area contributed by atoms with E-state index in [9.17, 15) is 4.79 Å². The predicted molar refractivity (Wildman–Crippen MR) is 99.6 cm³/mol. The largest absolute Gasteiger partial charge is 0.423 e. The fourth-order valence-corrected chi connectivity index (χ4v) is 2.58. The molecular weight excluding hydrogens is 298 g/mol. The van der Waals surface area contributed by atoms with Gasteiger partial charge in [0.05, 0.1) is 5.56 Å². The highest BCUT2D eigenvalue weighted by atomic mass is 16.5. The number of anilines is 1. The zero-order valence-electron chi connectivity index (χ0n) is 14.6. The van der Waals surface area contributed by atoms with Crippen LogP contribution in [0.15, 0.2) is 54.6 Å². The summed E-state index contributed by atoms with van der Waals surface area (Å²) in [5.41, 5.74) is 1.60. The number of rotatable bonds is 9. The van der Waals surface area contributed by atoms with Gasteiger partial charge in [-0.05, 0) is 48.7 Å². The van der Waals surface area contributed by atoms with Crippen LogP contribution in [0.25, 0.3) is 0 Å². The van der Waals surface area contributed by atoms with Crippen molar-refractivity contribution in [1.29, 1.82) is 0 Å². The number of hydrogen-bond donors (Lipinski definition) is 1. The summed E-state index contributed by atoms with van der Waals surface area (Å²) < 4.78 is 5.34. The van der Waals surface area contributed by atoms with E-state index in [2.05, 4.69) is 19.2 Å². The highest BCUT2D eigenvalue weighted by Crippen LogP contribution is 2.17. The van der Waals surface area contributed by atoms with Crippen molar-refractivity contribution < 1.29 is 9.53 Å². The first kappa shape index (κ1) is 18.1. The maximum Gasteiger partial charge on any atom is 0.343 e. The molecule has 0 fully saturated rings. The Bertz CT molecular complexity index is 607. The molecule has 0 aliphatic rings. The minimum absolute atomic E-state index is 0.331. The molecule has 1 unspecified atom stereocenters. The summed E-state index contributed by atoms with van der Waals surface area (Å²) in [6, 6.07) is 16.6. The van der Waals surface area contributed by atoms with Crippen molar-refractivity contribution in [3.05, 3.63) is 60.2 Å². The summed E-state index contributed by atoms with van der Waals surface area (Å²) in [6.07, 6.45) is 4.98. The maximum absolute atomic E-state index is 12.1. The molecule has 1 N–H and O–H groups in total. The first-order valence-corrected chi connectivity index (χ1v) is 8.84. The van der Waals surface area contributed by atoms with Crippen LogP contribution in [0.5, 0.6) is 5.75 Å².